The van der Waals surface area contributed by atoms with E-state index in [1.807, 2.05) is 6.92 Å². The van der Waals surface area contributed by atoms with Gasteiger partial charge in [0, 0.05) is 0 Å². The zero-order valence-electron chi connectivity index (χ0n) is 19.4. The van der Waals surface area contributed by atoms with E-state index in [0.717, 1.165) is 5.56 Å². The Morgan fingerprint density at radius 1 is 1.17 bits per heavy atom. The van der Waals surface area contributed by atoms with Gasteiger partial charge in [-0.05, 0) is 51.0 Å². The zero-order chi connectivity index (χ0) is 23.0. The highest BCUT2D eigenvalue weighted by Gasteiger charge is 2.50. The van der Waals surface area contributed by atoms with Crippen LogP contribution in [0.4, 0.5) is 0 Å². The molecule has 1 aliphatic heterocycles. The van der Waals surface area contributed by atoms with Crippen molar-refractivity contribution in [3.05, 3.63) is 41.2 Å². The smallest absolute Gasteiger partial charge is 0.332 e. The van der Waals surface area contributed by atoms with Crippen LogP contribution in [-0.2, 0) is 23.7 Å². The molecule has 0 N–H and O–H groups in total. The van der Waals surface area contributed by atoms with Crippen molar-refractivity contribution in [3.8, 4) is 0 Å². The predicted octanol–water partition coefficient (Wildman–Crippen LogP) is 4.80. The van der Waals surface area contributed by atoms with Gasteiger partial charge >= 0.3 is 5.37 Å². The number of sulfone groups is 1. The van der Waals surface area contributed by atoms with Crippen molar-refractivity contribution in [2.24, 2.45) is 5.92 Å². The molecule has 0 saturated carbocycles. The molecule has 0 aromatic heterocycles. The molecule has 3 unspecified atom stereocenters. The molecule has 0 amide bonds. The maximum absolute atomic E-state index is 13.4. The van der Waals surface area contributed by atoms with Crippen molar-refractivity contribution >= 4 is 18.2 Å². The first-order valence-corrected chi connectivity index (χ1v) is 14.7. The molecule has 0 aliphatic carbocycles. The highest BCUT2D eigenvalue weighted by atomic mass is 32.2. The van der Waals surface area contributed by atoms with Gasteiger partial charge in [-0.1, -0.05) is 38.5 Å². The number of ether oxygens (including phenoxy) is 2. The van der Waals surface area contributed by atoms with Gasteiger partial charge < -0.3 is 13.9 Å². The molecule has 1 aliphatic rings. The van der Waals surface area contributed by atoms with Gasteiger partial charge in [0.25, 0.3) is 9.84 Å². The first-order chi connectivity index (χ1) is 13.6. The van der Waals surface area contributed by atoms with E-state index in [4.69, 9.17) is 20.5 Å². The van der Waals surface area contributed by atoms with Crippen molar-refractivity contribution in [3.63, 3.8) is 0 Å². The van der Waals surface area contributed by atoms with Gasteiger partial charge in [0.15, 0.2) is 14.1 Å². The van der Waals surface area contributed by atoms with Crippen molar-refractivity contribution in [2.45, 2.75) is 81.8 Å². The van der Waals surface area contributed by atoms with Crippen LogP contribution in [0.5, 0.6) is 0 Å². The van der Waals surface area contributed by atoms with Crippen molar-refractivity contribution in [1.29, 1.82) is 0 Å². The van der Waals surface area contributed by atoms with Crippen LogP contribution in [-0.4, -0.2) is 47.2 Å². The standard InChI is InChI=1S/C22H35NO5SSi/c1-16-10-12-17(13-11-16)29(24,25)20(23-7)18-14-26-22(5,6)27-15-19(18)28-30(8,9)21(2,3)4/h10-13,18-20H,14-15H2,1-6,8-9H3. The van der Waals surface area contributed by atoms with Crippen molar-refractivity contribution in [1.82, 2.24) is 0 Å². The summed E-state index contributed by atoms with van der Waals surface area (Å²) in [5.74, 6) is -1.53. The Morgan fingerprint density at radius 3 is 2.20 bits per heavy atom. The second-order valence-electron chi connectivity index (χ2n) is 9.98. The maximum Gasteiger partial charge on any atom is 0.332 e. The summed E-state index contributed by atoms with van der Waals surface area (Å²) in [6, 6.07) is 6.61. The molecule has 2 rings (SSSR count). The number of nitrogens with zero attached hydrogens (tertiary/aromatic N) is 1. The summed E-state index contributed by atoms with van der Waals surface area (Å²) in [5, 5.41) is -1.38. The Bertz CT molecular complexity index is 882. The van der Waals surface area contributed by atoms with E-state index in [1.165, 1.54) is 0 Å². The Hall–Kier alpha value is -1.24. The fraction of sp³-hybridized carbons (Fsp3) is 0.682. The molecule has 1 fully saturated rings. The van der Waals surface area contributed by atoms with Crippen LogP contribution >= 0.6 is 0 Å². The van der Waals surface area contributed by atoms with E-state index >= 15 is 0 Å². The monoisotopic (exact) mass is 453 g/mol. The van der Waals surface area contributed by atoms with Gasteiger partial charge in [-0.25, -0.2) is 15.0 Å². The van der Waals surface area contributed by atoms with Gasteiger partial charge in [0.1, 0.15) is 5.92 Å². The van der Waals surface area contributed by atoms with Crippen molar-refractivity contribution < 1.29 is 22.3 Å². The first-order valence-electron chi connectivity index (χ1n) is 10.2. The number of hydrogen-bond donors (Lipinski definition) is 0. The van der Waals surface area contributed by atoms with Gasteiger partial charge in [-0.15, -0.1) is 0 Å². The lowest BCUT2D eigenvalue weighted by Crippen LogP contribution is -2.50. The Kier molecular flexibility index (Phi) is 7.27. The van der Waals surface area contributed by atoms with Crippen molar-refractivity contribution in [2.75, 3.05) is 13.2 Å². The third-order valence-corrected chi connectivity index (χ3v) is 12.6. The minimum Gasteiger partial charge on any atom is -0.411 e. The molecule has 1 heterocycles. The Labute approximate surface area is 182 Å². The van der Waals surface area contributed by atoms with E-state index < -0.39 is 41.3 Å². The molecule has 8 heteroatoms. The average molecular weight is 454 g/mol. The van der Waals surface area contributed by atoms with E-state index in [9.17, 15) is 8.42 Å². The summed E-state index contributed by atoms with van der Waals surface area (Å²) >= 11 is 0. The summed E-state index contributed by atoms with van der Waals surface area (Å²) in [6.07, 6.45) is -0.549. The number of aryl methyl sites for hydroxylation is 1. The van der Waals surface area contributed by atoms with Crippen LogP contribution in [0.15, 0.2) is 29.2 Å². The fourth-order valence-electron chi connectivity index (χ4n) is 3.06. The van der Waals surface area contributed by atoms with E-state index in [2.05, 4.69) is 38.7 Å². The average Bonchev–Trinajstić information content (AvgIpc) is 2.74. The predicted molar refractivity (Wildman–Crippen MR) is 120 cm³/mol. The van der Waals surface area contributed by atoms with Crippen LogP contribution in [0.1, 0.15) is 40.2 Å². The second-order valence-corrected chi connectivity index (χ2v) is 16.8. The molecule has 30 heavy (non-hydrogen) atoms. The third-order valence-electron chi connectivity index (χ3n) is 6.11. The van der Waals surface area contributed by atoms with Crippen LogP contribution in [0, 0.1) is 19.4 Å². The minimum absolute atomic E-state index is 0.0658. The highest BCUT2D eigenvalue weighted by molar-refractivity contribution is 7.92. The summed E-state index contributed by atoms with van der Waals surface area (Å²) in [7, 11) is -6.14. The SMILES string of the molecule is [C-]#[N+]C(C1COC(C)(C)OCC1O[Si](C)(C)C(C)(C)C)S(=O)(=O)c1ccc(C)cc1. The number of benzene rings is 1. The molecule has 168 valence electrons. The van der Waals surface area contributed by atoms with Gasteiger partial charge in [-0.3, -0.25) is 4.85 Å². The summed E-state index contributed by atoms with van der Waals surface area (Å²) in [5.41, 5.74) is 0.959. The van der Waals surface area contributed by atoms with Crippen LogP contribution in [0.2, 0.25) is 18.1 Å². The van der Waals surface area contributed by atoms with Gasteiger partial charge in [0.2, 0.25) is 0 Å². The highest BCUT2D eigenvalue weighted by Crippen LogP contribution is 2.40. The van der Waals surface area contributed by atoms with Gasteiger partial charge in [0.05, 0.1) is 24.2 Å². The molecule has 0 bridgehead atoms. The Balaban J connectivity index is 2.47. The normalized spacial score (nSPS) is 24.0. The number of rotatable bonds is 5. The molecule has 3 atom stereocenters. The Morgan fingerprint density at radius 2 is 1.70 bits per heavy atom. The fourth-order valence-corrected chi connectivity index (χ4v) is 6.06. The number of hydrogen-bond acceptors (Lipinski definition) is 5. The molecule has 6 nitrogen and oxygen atoms in total. The molecule has 1 saturated heterocycles. The lowest BCUT2D eigenvalue weighted by atomic mass is 10.0. The molecule has 0 spiro atoms. The second kappa shape index (κ2) is 8.71. The summed E-state index contributed by atoms with van der Waals surface area (Å²) in [6.45, 7) is 24.1. The maximum atomic E-state index is 13.4. The largest absolute Gasteiger partial charge is 0.411 e. The lowest BCUT2D eigenvalue weighted by Gasteiger charge is -2.40. The van der Waals surface area contributed by atoms with Crippen LogP contribution in [0.3, 0.4) is 0 Å². The van der Waals surface area contributed by atoms with E-state index in [0.29, 0.717) is 0 Å². The third kappa shape index (κ3) is 5.51. The van der Waals surface area contributed by atoms with E-state index in [1.54, 1.807) is 38.1 Å². The van der Waals surface area contributed by atoms with Crippen LogP contribution < -0.4 is 0 Å². The first kappa shape index (κ1) is 25.0. The zero-order valence-corrected chi connectivity index (χ0v) is 21.2. The molecule has 1 aromatic rings. The summed E-state index contributed by atoms with van der Waals surface area (Å²) in [4.78, 5) is 3.72. The summed E-state index contributed by atoms with van der Waals surface area (Å²) < 4.78 is 45.2. The topological polar surface area (TPSA) is 66.2 Å². The molecular weight excluding hydrogens is 418 g/mol. The lowest BCUT2D eigenvalue weighted by molar-refractivity contribution is -0.203. The minimum atomic E-state index is -3.90. The van der Waals surface area contributed by atoms with Crippen LogP contribution in [0.25, 0.3) is 4.85 Å². The molecular formula is C22H35NO5SSi. The molecule has 0 radical (unpaired) electrons. The van der Waals surface area contributed by atoms with Gasteiger partial charge in [-0.2, -0.15) is 0 Å². The quantitative estimate of drug-likeness (QED) is 0.473. The van der Waals surface area contributed by atoms with E-state index in [-0.39, 0.29) is 23.1 Å². The molecule has 1 aromatic carbocycles.